The quantitative estimate of drug-likeness (QED) is 0.695. The molecule has 2 aromatic heterocycles. The minimum atomic E-state index is -0.135. The molecule has 0 aliphatic heterocycles. The Kier molecular flexibility index (Phi) is 4.32. The fourth-order valence-corrected chi connectivity index (χ4v) is 3.86. The van der Waals surface area contributed by atoms with Gasteiger partial charge >= 0.3 is 0 Å². The lowest BCUT2D eigenvalue weighted by Gasteiger charge is -2.26. The summed E-state index contributed by atoms with van der Waals surface area (Å²) in [7, 11) is 0. The van der Waals surface area contributed by atoms with Gasteiger partial charge in [-0.15, -0.1) is 0 Å². The maximum absolute atomic E-state index is 12.8. The normalized spacial score (nSPS) is 16.3. The van der Waals surface area contributed by atoms with Crippen molar-refractivity contribution in [2.75, 3.05) is 0 Å². The fourth-order valence-electron chi connectivity index (χ4n) is 3.76. The Labute approximate surface area is 156 Å². The molecular weight excluding hydrogens is 348 g/mol. The lowest BCUT2D eigenvalue weighted by atomic mass is 9.79. The first-order valence-electron chi connectivity index (χ1n) is 8.68. The molecular formula is C20H19ClN4O. The zero-order valence-electron chi connectivity index (χ0n) is 14.7. The third-order valence-electron chi connectivity index (χ3n) is 5.04. The van der Waals surface area contributed by atoms with Crippen molar-refractivity contribution in [1.29, 1.82) is 0 Å². The molecule has 1 unspecified atom stereocenters. The number of halogens is 1. The highest BCUT2D eigenvalue weighted by Gasteiger charge is 2.25. The van der Waals surface area contributed by atoms with Crippen molar-refractivity contribution in [3.8, 4) is 5.95 Å². The van der Waals surface area contributed by atoms with Crippen LogP contribution in [0.5, 0.6) is 0 Å². The van der Waals surface area contributed by atoms with E-state index in [1.165, 1.54) is 33.8 Å². The number of benzene rings is 1. The van der Waals surface area contributed by atoms with Gasteiger partial charge in [-0.3, -0.25) is 4.79 Å². The van der Waals surface area contributed by atoms with E-state index in [2.05, 4.69) is 47.1 Å². The molecule has 6 heteroatoms. The molecule has 26 heavy (non-hydrogen) atoms. The van der Waals surface area contributed by atoms with Crippen molar-refractivity contribution in [2.24, 2.45) is 0 Å². The lowest BCUT2D eigenvalue weighted by Crippen LogP contribution is -2.30. The van der Waals surface area contributed by atoms with Gasteiger partial charge in [0.15, 0.2) is 0 Å². The van der Waals surface area contributed by atoms with E-state index in [-0.39, 0.29) is 11.5 Å². The van der Waals surface area contributed by atoms with Crippen molar-refractivity contribution in [3.05, 3.63) is 80.0 Å². The standard InChI is InChI=1S/C20H19ClN4O/c1-12-3-5-17(13(2)7-12)14-4-6-18-15(8-14)9-24-25(19(18)26)20-22-10-16(21)11-23-20/h3,5,7,9-11,14H,4,6,8H2,1-2H3. The Morgan fingerprint density at radius 3 is 2.65 bits per heavy atom. The second kappa shape index (κ2) is 6.65. The summed E-state index contributed by atoms with van der Waals surface area (Å²) in [5, 5.41) is 4.72. The van der Waals surface area contributed by atoms with Gasteiger partial charge in [-0.2, -0.15) is 9.78 Å². The van der Waals surface area contributed by atoms with E-state index >= 15 is 0 Å². The van der Waals surface area contributed by atoms with Gasteiger partial charge in [-0.1, -0.05) is 35.4 Å². The van der Waals surface area contributed by atoms with Gasteiger partial charge in [0, 0.05) is 5.56 Å². The van der Waals surface area contributed by atoms with Crippen LogP contribution in [-0.4, -0.2) is 19.7 Å². The smallest absolute Gasteiger partial charge is 0.267 e. The second-order valence-corrected chi connectivity index (χ2v) is 7.30. The van der Waals surface area contributed by atoms with E-state index in [1.807, 2.05) is 0 Å². The summed E-state index contributed by atoms with van der Waals surface area (Å²) in [6.07, 6.45) is 7.25. The lowest BCUT2D eigenvalue weighted by molar-refractivity contribution is 0.563. The molecule has 1 aliphatic carbocycles. The molecule has 1 aliphatic rings. The topological polar surface area (TPSA) is 60.7 Å². The molecule has 4 rings (SSSR count). The summed E-state index contributed by atoms with van der Waals surface area (Å²) in [4.78, 5) is 21.0. The molecule has 0 fully saturated rings. The van der Waals surface area contributed by atoms with E-state index < -0.39 is 0 Å². The third kappa shape index (κ3) is 3.03. The van der Waals surface area contributed by atoms with Crippen LogP contribution in [0.3, 0.4) is 0 Å². The first kappa shape index (κ1) is 16.9. The van der Waals surface area contributed by atoms with Crippen LogP contribution in [0.4, 0.5) is 0 Å². The minimum absolute atomic E-state index is 0.135. The summed E-state index contributed by atoms with van der Waals surface area (Å²) in [6, 6.07) is 6.60. The molecule has 0 saturated carbocycles. The SMILES string of the molecule is Cc1ccc(C2CCc3c(cnn(-c4ncc(Cl)cn4)c3=O)C2)c(C)c1. The maximum Gasteiger partial charge on any atom is 0.277 e. The van der Waals surface area contributed by atoms with Crippen LogP contribution >= 0.6 is 11.6 Å². The number of hydrogen-bond donors (Lipinski definition) is 0. The molecule has 1 aromatic carbocycles. The Balaban J connectivity index is 1.68. The molecule has 1 atom stereocenters. The second-order valence-electron chi connectivity index (χ2n) is 6.87. The van der Waals surface area contributed by atoms with Crippen molar-refractivity contribution in [1.82, 2.24) is 19.7 Å². The van der Waals surface area contributed by atoms with E-state index in [0.29, 0.717) is 10.9 Å². The van der Waals surface area contributed by atoms with Gasteiger partial charge in [0.2, 0.25) is 0 Å². The molecule has 2 heterocycles. The summed E-state index contributed by atoms with van der Waals surface area (Å²) in [5.41, 5.74) is 5.66. The number of rotatable bonds is 2. The summed E-state index contributed by atoms with van der Waals surface area (Å²) in [5.74, 6) is 0.672. The highest BCUT2D eigenvalue weighted by molar-refractivity contribution is 6.30. The van der Waals surface area contributed by atoms with E-state index in [1.54, 1.807) is 6.20 Å². The Hall–Kier alpha value is -2.53. The van der Waals surface area contributed by atoms with Crippen LogP contribution < -0.4 is 5.56 Å². The largest absolute Gasteiger partial charge is 0.277 e. The Morgan fingerprint density at radius 2 is 1.92 bits per heavy atom. The van der Waals surface area contributed by atoms with Crippen molar-refractivity contribution >= 4 is 11.6 Å². The molecule has 3 aromatic rings. The first-order chi connectivity index (χ1) is 12.5. The van der Waals surface area contributed by atoms with Crippen LogP contribution in [0, 0.1) is 13.8 Å². The van der Waals surface area contributed by atoms with Gasteiger partial charge in [-0.25, -0.2) is 9.97 Å². The maximum atomic E-state index is 12.8. The zero-order chi connectivity index (χ0) is 18.3. The average molecular weight is 367 g/mol. The van der Waals surface area contributed by atoms with Crippen LogP contribution in [0.2, 0.25) is 5.02 Å². The molecule has 132 valence electrons. The van der Waals surface area contributed by atoms with Gasteiger partial charge in [-0.05, 0) is 55.7 Å². The third-order valence-corrected chi connectivity index (χ3v) is 5.23. The van der Waals surface area contributed by atoms with Gasteiger partial charge < -0.3 is 0 Å². The van der Waals surface area contributed by atoms with E-state index in [0.717, 1.165) is 30.4 Å². The first-order valence-corrected chi connectivity index (χ1v) is 9.06. The zero-order valence-corrected chi connectivity index (χ0v) is 15.5. The van der Waals surface area contributed by atoms with Gasteiger partial charge in [0.05, 0.1) is 23.6 Å². The molecule has 0 N–H and O–H groups in total. The van der Waals surface area contributed by atoms with Gasteiger partial charge in [0.1, 0.15) is 0 Å². The van der Waals surface area contributed by atoms with Crippen molar-refractivity contribution in [2.45, 2.75) is 39.0 Å². The number of aryl methyl sites for hydroxylation is 2. The number of hydrogen-bond acceptors (Lipinski definition) is 4. The van der Waals surface area contributed by atoms with Crippen LogP contribution in [-0.2, 0) is 12.8 Å². The monoisotopic (exact) mass is 366 g/mol. The minimum Gasteiger partial charge on any atom is -0.267 e. The van der Waals surface area contributed by atoms with Crippen LogP contribution in [0.15, 0.2) is 41.6 Å². The summed E-state index contributed by atoms with van der Waals surface area (Å²) >= 11 is 5.82. The van der Waals surface area contributed by atoms with Crippen LogP contribution in [0.1, 0.15) is 40.2 Å². The summed E-state index contributed by atoms with van der Waals surface area (Å²) in [6.45, 7) is 4.27. The molecule has 5 nitrogen and oxygen atoms in total. The highest BCUT2D eigenvalue weighted by atomic mass is 35.5. The predicted octanol–water partition coefficient (Wildman–Crippen LogP) is 3.57. The van der Waals surface area contributed by atoms with E-state index in [4.69, 9.17) is 11.6 Å². The summed E-state index contributed by atoms with van der Waals surface area (Å²) < 4.78 is 1.26. The van der Waals surface area contributed by atoms with Crippen molar-refractivity contribution in [3.63, 3.8) is 0 Å². The Morgan fingerprint density at radius 1 is 1.15 bits per heavy atom. The molecule has 0 bridgehead atoms. The molecule has 0 radical (unpaired) electrons. The molecule has 0 amide bonds. The van der Waals surface area contributed by atoms with Gasteiger partial charge in [0.25, 0.3) is 11.5 Å². The van der Waals surface area contributed by atoms with E-state index in [9.17, 15) is 4.79 Å². The predicted molar refractivity (Wildman–Crippen MR) is 101 cm³/mol. The molecule has 0 saturated heterocycles. The number of fused-ring (bicyclic) bond motifs is 1. The average Bonchev–Trinajstić information content (AvgIpc) is 2.63. The fraction of sp³-hybridized carbons (Fsp3) is 0.300. The number of aromatic nitrogens is 4. The molecule has 0 spiro atoms. The number of nitrogens with zero attached hydrogens (tertiary/aromatic N) is 4. The van der Waals surface area contributed by atoms with Crippen molar-refractivity contribution < 1.29 is 0 Å². The highest BCUT2D eigenvalue weighted by Crippen LogP contribution is 2.33. The Bertz CT molecular complexity index is 1030. The van der Waals surface area contributed by atoms with Crippen LogP contribution in [0.25, 0.3) is 5.95 Å².